The molecule has 3 aliphatic carbocycles. The first kappa shape index (κ1) is 39.6. The van der Waals surface area contributed by atoms with Crippen LogP contribution in [0.2, 0.25) is 0 Å². The van der Waals surface area contributed by atoms with Gasteiger partial charge in [-0.3, -0.25) is 0 Å². The van der Waals surface area contributed by atoms with Gasteiger partial charge in [-0.1, -0.05) is 91.0 Å². The van der Waals surface area contributed by atoms with E-state index in [4.69, 9.17) is 27.9 Å². The van der Waals surface area contributed by atoms with Crippen molar-refractivity contribution in [3.05, 3.63) is 71.0 Å². The lowest BCUT2D eigenvalue weighted by Gasteiger charge is -2.49. The van der Waals surface area contributed by atoms with Crippen LogP contribution < -0.4 is 10.6 Å². The summed E-state index contributed by atoms with van der Waals surface area (Å²) >= 11 is 11.9. The lowest BCUT2D eigenvalue weighted by Crippen LogP contribution is -2.57. The maximum Gasteiger partial charge on any atom is 0.251 e. The first-order chi connectivity index (χ1) is 19.3. The van der Waals surface area contributed by atoms with Gasteiger partial charge in [0.2, 0.25) is 0 Å². The number of rotatable bonds is 7. The summed E-state index contributed by atoms with van der Waals surface area (Å²) in [6.07, 6.45) is 14.7. The van der Waals surface area contributed by atoms with E-state index in [0.29, 0.717) is 22.9 Å². The summed E-state index contributed by atoms with van der Waals surface area (Å²) < 4.78 is 32.2. The predicted molar refractivity (Wildman–Crippen MR) is 177 cm³/mol. The van der Waals surface area contributed by atoms with E-state index < -0.39 is 11.8 Å². The minimum absolute atomic E-state index is 0.00833. The van der Waals surface area contributed by atoms with Crippen LogP contribution in [0.1, 0.15) is 81.1 Å². The quantitative estimate of drug-likeness (QED) is 0.220. The Morgan fingerprint density at radius 2 is 1.83 bits per heavy atom. The Balaban J connectivity index is 0.000000607. The largest absolute Gasteiger partial charge is 0.380 e. The van der Waals surface area contributed by atoms with Crippen molar-refractivity contribution < 1.29 is 13.5 Å². The molecule has 1 saturated carbocycles. The van der Waals surface area contributed by atoms with Gasteiger partial charge in [-0.2, -0.15) is 0 Å². The highest BCUT2D eigenvalue weighted by atomic mass is 35.5. The number of ether oxygens (including phenoxy) is 1. The first-order valence-electron chi connectivity index (χ1n) is 15.1. The van der Waals surface area contributed by atoms with Gasteiger partial charge in [-0.15, -0.1) is 11.6 Å². The molecule has 0 aromatic carbocycles. The maximum atomic E-state index is 13.6. The van der Waals surface area contributed by atoms with E-state index in [0.717, 1.165) is 18.8 Å². The third-order valence-electron chi connectivity index (χ3n) is 7.71. The molecule has 41 heavy (non-hydrogen) atoms. The third kappa shape index (κ3) is 13.2. The molecule has 4 aliphatic rings. The van der Waals surface area contributed by atoms with Crippen LogP contribution in [0.15, 0.2) is 71.0 Å². The fraction of sp³-hybridized carbons (Fsp3) is 0.647. The number of hydrogen-bond donors (Lipinski definition) is 2. The lowest BCUT2D eigenvalue weighted by molar-refractivity contribution is -0.0211. The summed E-state index contributed by atoms with van der Waals surface area (Å²) in [7, 11) is 1.70. The molecule has 1 saturated heterocycles. The fourth-order valence-electron chi connectivity index (χ4n) is 4.77. The van der Waals surface area contributed by atoms with Crippen LogP contribution in [0.4, 0.5) is 8.78 Å². The Hall–Kier alpha value is -1.40. The van der Waals surface area contributed by atoms with Crippen LogP contribution in [0.3, 0.4) is 0 Å². The Morgan fingerprint density at radius 3 is 2.22 bits per heavy atom. The van der Waals surface area contributed by atoms with E-state index >= 15 is 0 Å². The summed E-state index contributed by atoms with van der Waals surface area (Å²) in [6.45, 7) is 25.2. The monoisotopic (exact) mass is 616 g/mol. The van der Waals surface area contributed by atoms with Crippen molar-refractivity contribution >= 4 is 23.2 Å². The minimum atomic E-state index is -2.80. The number of alkyl halides is 3. The van der Waals surface area contributed by atoms with Gasteiger partial charge in [-0.05, 0) is 73.3 Å². The Bertz CT molecular complexity index is 910. The van der Waals surface area contributed by atoms with Gasteiger partial charge in [0.1, 0.15) is 0 Å². The maximum absolute atomic E-state index is 13.6. The molecule has 1 aliphatic heterocycles. The topological polar surface area (TPSA) is 33.3 Å². The second kappa shape index (κ2) is 19.7. The van der Waals surface area contributed by atoms with E-state index in [-0.39, 0.29) is 17.3 Å². The normalized spacial score (nSPS) is 24.4. The molecule has 2 N–H and O–H groups in total. The number of allylic oxidation sites excluding steroid dienone is 5. The van der Waals surface area contributed by atoms with Crippen LogP contribution in [0.5, 0.6) is 0 Å². The van der Waals surface area contributed by atoms with E-state index in [1.165, 1.54) is 50.4 Å². The van der Waals surface area contributed by atoms with Crippen LogP contribution in [-0.4, -0.2) is 44.1 Å². The standard InChI is InChI=1S/C15H20ClF2N.C9H13ClO.C6H11N.2C2H6/c1-6-10(3)19-14-9(2)7-12(16)8-13(14)11(4)15(5,17)18;1-7-3-4-9(10)5-8(7)6-11-2;1-2-6(3-1)4-7-5-6;2*1-2/h6-9,11,14,19H,1,3H2,2,4-5H3;3,5,9H,4,6H2,1-2H3;7H,1-5H2;2*1-2H3. The van der Waals surface area contributed by atoms with Gasteiger partial charge in [0.15, 0.2) is 0 Å². The zero-order valence-corrected chi connectivity index (χ0v) is 28.5. The molecule has 0 bridgehead atoms. The molecule has 7 heteroatoms. The summed E-state index contributed by atoms with van der Waals surface area (Å²) in [5, 5.41) is 7.09. The molecule has 1 spiro atoms. The van der Waals surface area contributed by atoms with Crippen molar-refractivity contribution in [2.45, 2.75) is 98.4 Å². The molecule has 1 heterocycles. The van der Waals surface area contributed by atoms with Gasteiger partial charge in [0, 0.05) is 36.8 Å². The summed E-state index contributed by atoms with van der Waals surface area (Å²) in [6, 6.07) is -0.242. The Kier molecular flexibility index (Phi) is 19.1. The molecule has 0 amide bonds. The van der Waals surface area contributed by atoms with Crippen molar-refractivity contribution in [2.24, 2.45) is 17.3 Å². The molecule has 4 unspecified atom stereocenters. The fourth-order valence-corrected chi connectivity index (χ4v) is 5.34. The second-order valence-electron chi connectivity index (χ2n) is 10.8. The number of hydrogen-bond acceptors (Lipinski definition) is 3. The molecule has 2 fully saturated rings. The first-order valence-corrected chi connectivity index (χ1v) is 15.9. The lowest BCUT2D eigenvalue weighted by atomic mass is 9.65. The highest BCUT2D eigenvalue weighted by Crippen LogP contribution is 2.43. The third-order valence-corrected chi connectivity index (χ3v) is 8.25. The van der Waals surface area contributed by atoms with Gasteiger partial charge < -0.3 is 15.4 Å². The van der Waals surface area contributed by atoms with Gasteiger partial charge in [-0.25, -0.2) is 8.78 Å². The molecule has 3 nitrogen and oxygen atoms in total. The van der Waals surface area contributed by atoms with E-state index in [1.807, 2.05) is 40.7 Å². The number of nitrogens with one attached hydrogen (secondary N) is 2. The average Bonchev–Trinajstić information content (AvgIpc) is 2.88. The average molecular weight is 618 g/mol. The highest BCUT2D eigenvalue weighted by Gasteiger charge is 2.41. The van der Waals surface area contributed by atoms with E-state index in [9.17, 15) is 8.78 Å². The molecular formula is C34H56Cl2F2N2O. The van der Waals surface area contributed by atoms with Crippen LogP contribution in [-0.2, 0) is 4.74 Å². The van der Waals surface area contributed by atoms with Crippen molar-refractivity contribution in [1.82, 2.24) is 10.6 Å². The Morgan fingerprint density at radius 1 is 1.24 bits per heavy atom. The number of methoxy groups -OCH3 is 1. The molecule has 0 radical (unpaired) electrons. The Labute approximate surface area is 260 Å². The van der Waals surface area contributed by atoms with Crippen molar-refractivity contribution in [3.8, 4) is 0 Å². The van der Waals surface area contributed by atoms with Crippen LogP contribution in [0.25, 0.3) is 0 Å². The van der Waals surface area contributed by atoms with Crippen molar-refractivity contribution in [3.63, 3.8) is 0 Å². The predicted octanol–water partition coefficient (Wildman–Crippen LogP) is 9.96. The van der Waals surface area contributed by atoms with Crippen molar-refractivity contribution in [1.29, 1.82) is 0 Å². The SMILES string of the molecule is C1CC2(C1)CNC2.C=CC(=C)NC1C(C(C)C(C)(F)F)=CC(Cl)=CC1C.CC.CC.COCC1=CC(Cl)CC=C1C. The number of halogens is 4. The molecular weight excluding hydrogens is 561 g/mol. The van der Waals surface area contributed by atoms with Gasteiger partial charge >= 0.3 is 0 Å². The summed E-state index contributed by atoms with van der Waals surface area (Å²) in [5.74, 6) is -3.68. The summed E-state index contributed by atoms with van der Waals surface area (Å²) in [5.41, 5.74) is 4.55. The zero-order valence-electron chi connectivity index (χ0n) is 27.0. The second-order valence-corrected chi connectivity index (χ2v) is 11.8. The van der Waals surface area contributed by atoms with E-state index in [1.54, 1.807) is 19.3 Å². The molecule has 4 atom stereocenters. The van der Waals surface area contributed by atoms with Gasteiger partial charge in [0.05, 0.1) is 18.0 Å². The van der Waals surface area contributed by atoms with E-state index in [2.05, 4.69) is 42.9 Å². The van der Waals surface area contributed by atoms with Gasteiger partial charge in [0.25, 0.3) is 5.92 Å². The van der Waals surface area contributed by atoms with Crippen LogP contribution in [0, 0.1) is 17.3 Å². The minimum Gasteiger partial charge on any atom is -0.380 e. The zero-order chi connectivity index (χ0) is 31.8. The molecule has 236 valence electrons. The van der Waals surface area contributed by atoms with Crippen LogP contribution >= 0.6 is 23.2 Å². The molecule has 0 aromatic rings. The highest BCUT2D eigenvalue weighted by molar-refractivity contribution is 6.31. The smallest absolute Gasteiger partial charge is 0.251 e. The molecule has 0 aromatic heterocycles. The van der Waals surface area contributed by atoms with Crippen molar-refractivity contribution in [2.75, 3.05) is 26.8 Å². The summed E-state index contributed by atoms with van der Waals surface area (Å²) in [4.78, 5) is 0. The molecule has 4 rings (SSSR count).